The molecular formula is C20H19Cl2N3O2. The van der Waals surface area contributed by atoms with Gasteiger partial charge in [0.25, 0.3) is 0 Å². The van der Waals surface area contributed by atoms with E-state index < -0.39 is 0 Å². The second-order valence-corrected chi connectivity index (χ2v) is 7.22. The monoisotopic (exact) mass is 403 g/mol. The Morgan fingerprint density at radius 1 is 1.15 bits per heavy atom. The van der Waals surface area contributed by atoms with E-state index >= 15 is 0 Å². The average molecular weight is 404 g/mol. The summed E-state index contributed by atoms with van der Waals surface area (Å²) >= 11 is 12.0. The van der Waals surface area contributed by atoms with Crippen molar-refractivity contribution in [3.05, 3.63) is 64.0 Å². The minimum atomic E-state index is -0.208. The Morgan fingerprint density at radius 2 is 1.89 bits per heavy atom. The zero-order chi connectivity index (χ0) is 19.4. The smallest absolute Gasteiger partial charge is 0.227 e. The lowest BCUT2D eigenvalue weighted by atomic mass is 10.0. The number of hydrogen-bond acceptors (Lipinski definition) is 4. The van der Waals surface area contributed by atoms with E-state index in [1.54, 1.807) is 18.2 Å². The van der Waals surface area contributed by atoms with Crippen molar-refractivity contribution in [1.29, 1.82) is 0 Å². The number of aryl methyl sites for hydroxylation is 1. The van der Waals surface area contributed by atoms with Gasteiger partial charge in [-0.2, -0.15) is 4.98 Å². The fourth-order valence-corrected chi connectivity index (χ4v) is 2.87. The summed E-state index contributed by atoms with van der Waals surface area (Å²) in [5, 5.41) is 7.43. The molecule has 2 aromatic carbocycles. The standard InChI is InChI=1S/C20H19Cl2N3O2/c1-12(2)13-6-8-14(9-7-13)20-24-18(27-25-20)11-10-17(26)23-16-5-3-4-15(21)19(16)22/h3-9,12H,10-11H2,1-2H3,(H,23,26). The molecule has 1 aromatic heterocycles. The van der Waals surface area contributed by atoms with Gasteiger partial charge in [-0.05, 0) is 23.6 Å². The summed E-state index contributed by atoms with van der Waals surface area (Å²) in [7, 11) is 0. The normalized spacial score (nSPS) is 11.0. The molecule has 0 fully saturated rings. The molecule has 0 unspecified atom stereocenters. The van der Waals surface area contributed by atoms with E-state index in [0.717, 1.165) is 5.56 Å². The molecule has 27 heavy (non-hydrogen) atoms. The maximum Gasteiger partial charge on any atom is 0.227 e. The van der Waals surface area contributed by atoms with Crippen molar-refractivity contribution >= 4 is 34.8 Å². The van der Waals surface area contributed by atoms with Crippen LogP contribution in [0.15, 0.2) is 47.0 Å². The first-order valence-electron chi connectivity index (χ1n) is 8.61. The van der Waals surface area contributed by atoms with Gasteiger partial charge >= 0.3 is 0 Å². The first-order valence-corrected chi connectivity index (χ1v) is 9.36. The van der Waals surface area contributed by atoms with Crippen LogP contribution in [0.1, 0.15) is 37.6 Å². The highest BCUT2D eigenvalue weighted by molar-refractivity contribution is 6.43. The number of aromatic nitrogens is 2. The van der Waals surface area contributed by atoms with E-state index in [9.17, 15) is 4.79 Å². The Bertz CT molecular complexity index is 937. The Morgan fingerprint density at radius 3 is 2.59 bits per heavy atom. The van der Waals surface area contributed by atoms with Crippen LogP contribution in [0.25, 0.3) is 11.4 Å². The van der Waals surface area contributed by atoms with E-state index in [-0.39, 0.29) is 12.3 Å². The number of carbonyl (C=O) groups excluding carboxylic acids is 1. The lowest BCUT2D eigenvalue weighted by molar-refractivity contribution is -0.116. The average Bonchev–Trinajstić information content (AvgIpc) is 3.13. The Hall–Kier alpha value is -2.37. The van der Waals surface area contributed by atoms with Crippen LogP contribution in [0, 0.1) is 0 Å². The Labute approximate surface area is 167 Å². The maximum absolute atomic E-state index is 12.1. The minimum absolute atomic E-state index is 0.191. The van der Waals surface area contributed by atoms with Crippen molar-refractivity contribution in [2.24, 2.45) is 0 Å². The molecule has 3 aromatic rings. The number of halogens is 2. The van der Waals surface area contributed by atoms with Crippen LogP contribution < -0.4 is 5.32 Å². The predicted octanol–water partition coefficient (Wildman–Crippen LogP) is 5.74. The highest BCUT2D eigenvalue weighted by Crippen LogP contribution is 2.29. The number of anilines is 1. The lowest BCUT2D eigenvalue weighted by Gasteiger charge is -2.07. The van der Waals surface area contributed by atoms with E-state index in [0.29, 0.717) is 39.8 Å². The molecule has 0 spiro atoms. The summed E-state index contributed by atoms with van der Waals surface area (Å²) in [6, 6.07) is 13.1. The molecule has 0 atom stereocenters. The van der Waals surface area contributed by atoms with Crippen LogP contribution in [0.4, 0.5) is 5.69 Å². The second-order valence-electron chi connectivity index (χ2n) is 6.44. The lowest BCUT2D eigenvalue weighted by Crippen LogP contribution is -2.12. The molecule has 1 N–H and O–H groups in total. The van der Waals surface area contributed by atoms with Crippen LogP contribution >= 0.6 is 23.2 Å². The van der Waals surface area contributed by atoms with Crippen molar-refractivity contribution < 1.29 is 9.32 Å². The Balaban J connectivity index is 1.59. The van der Waals surface area contributed by atoms with E-state index in [1.165, 1.54) is 5.56 Å². The molecule has 0 aliphatic rings. The van der Waals surface area contributed by atoms with Crippen LogP contribution in [-0.4, -0.2) is 16.0 Å². The van der Waals surface area contributed by atoms with E-state index in [2.05, 4.69) is 41.4 Å². The fourth-order valence-electron chi connectivity index (χ4n) is 2.52. The number of benzene rings is 2. The van der Waals surface area contributed by atoms with Gasteiger partial charge in [-0.1, -0.05) is 72.5 Å². The third-order valence-corrected chi connectivity index (χ3v) is 4.91. The molecule has 0 saturated carbocycles. The van der Waals surface area contributed by atoms with Gasteiger partial charge in [-0.3, -0.25) is 4.79 Å². The summed E-state index contributed by atoms with van der Waals surface area (Å²) in [5.74, 6) is 1.18. The molecule has 1 amide bonds. The third-order valence-electron chi connectivity index (χ3n) is 4.10. The molecule has 7 heteroatoms. The predicted molar refractivity (Wildman–Crippen MR) is 107 cm³/mol. The van der Waals surface area contributed by atoms with E-state index in [4.69, 9.17) is 27.7 Å². The number of nitrogens with zero attached hydrogens (tertiary/aromatic N) is 2. The van der Waals surface area contributed by atoms with Gasteiger partial charge in [0.15, 0.2) is 0 Å². The van der Waals surface area contributed by atoms with Crippen LogP contribution in [0.2, 0.25) is 10.0 Å². The molecule has 140 valence electrons. The number of nitrogens with one attached hydrogen (secondary N) is 1. The van der Waals surface area contributed by atoms with Crippen molar-refractivity contribution in [2.45, 2.75) is 32.6 Å². The number of rotatable bonds is 6. The largest absolute Gasteiger partial charge is 0.339 e. The zero-order valence-corrected chi connectivity index (χ0v) is 16.5. The van der Waals surface area contributed by atoms with Gasteiger partial charge < -0.3 is 9.84 Å². The van der Waals surface area contributed by atoms with Gasteiger partial charge in [0.05, 0.1) is 15.7 Å². The summed E-state index contributed by atoms with van der Waals surface area (Å²) in [4.78, 5) is 16.5. The van der Waals surface area contributed by atoms with Gasteiger partial charge in [0.2, 0.25) is 17.6 Å². The highest BCUT2D eigenvalue weighted by Gasteiger charge is 2.13. The van der Waals surface area contributed by atoms with Crippen molar-refractivity contribution in [3.63, 3.8) is 0 Å². The maximum atomic E-state index is 12.1. The van der Waals surface area contributed by atoms with E-state index in [1.807, 2.05) is 12.1 Å². The summed E-state index contributed by atoms with van der Waals surface area (Å²) < 4.78 is 5.25. The van der Waals surface area contributed by atoms with Crippen LogP contribution in [-0.2, 0) is 11.2 Å². The van der Waals surface area contributed by atoms with Gasteiger partial charge in [-0.15, -0.1) is 0 Å². The summed E-state index contributed by atoms with van der Waals surface area (Å²) in [6.07, 6.45) is 0.526. The quantitative estimate of drug-likeness (QED) is 0.569. The topological polar surface area (TPSA) is 68.0 Å². The van der Waals surface area contributed by atoms with Crippen molar-refractivity contribution in [3.8, 4) is 11.4 Å². The van der Waals surface area contributed by atoms with Gasteiger partial charge in [0, 0.05) is 18.4 Å². The molecule has 5 nitrogen and oxygen atoms in total. The highest BCUT2D eigenvalue weighted by atomic mass is 35.5. The van der Waals surface area contributed by atoms with Crippen molar-refractivity contribution in [2.75, 3.05) is 5.32 Å². The first-order chi connectivity index (χ1) is 12.9. The second kappa shape index (κ2) is 8.55. The molecule has 0 saturated heterocycles. The minimum Gasteiger partial charge on any atom is -0.339 e. The van der Waals surface area contributed by atoms with Gasteiger partial charge in [-0.25, -0.2) is 0 Å². The molecule has 0 bridgehead atoms. The van der Waals surface area contributed by atoms with Crippen LogP contribution in [0.3, 0.4) is 0 Å². The number of hydrogen-bond donors (Lipinski definition) is 1. The zero-order valence-electron chi connectivity index (χ0n) is 15.0. The molecule has 1 heterocycles. The van der Waals surface area contributed by atoms with Crippen molar-refractivity contribution in [1.82, 2.24) is 10.1 Å². The molecule has 0 aliphatic heterocycles. The third kappa shape index (κ3) is 4.87. The molecule has 3 rings (SSSR count). The molecular weight excluding hydrogens is 385 g/mol. The Kier molecular flexibility index (Phi) is 6.14. The summed E-state index contributed by atoms with van der Waals surface area (Å²) in [5.41, 5.74) is 2.61. The molecule has 0 aliphatic carbocycles. The summed E-state index contributed by atoms with van der Waals surface area (Å²) in [6.45, 7) is 4.28. The fraction of sp³-hybridized carbons (Fsp3) is 0.250. The SMILES string of the molecule is CC(C)c1ccc(-c2noc(CCC(=O)Nc3cccc(Cl)c3Cl)n2)cc1. The number of amides is 1. The first kappa shape index (κ1) is 19.4. The van der Waals surface area contributed by atoms with Crippen LogP contribution in [0.5, 0.6) is 0 Å². The number of carbonyl (C=O) groups is 1. The molecule has 0 radical (unpaired) electrons. The van der Waals surface area contributed by atoms with Gasteiger partial charge in [0.1, 0.15) is 0 Å².